The molecule has 0 aromatic carbocycles. The quantitative estimate of drug-likeness (QED) is 0.584. The number of rotatable bonds is 9. The van der Waals surface area contributed by atoms with Gasteiger partial charge in [0, 0.05) is 25.9 Å². The van der Waals surface area contributed by atoms with Crippen LogP contribution in [0.5, 0.6) is 0 Å². The fourth-order valence-electron chi connectivity index (χ4n) is 2.54. The maximum Gasteiger partial charge on any atom is 0.0794 e. The molecule has 0 saturated carbocycles. The second kappa shape index (κ2) is 8.30. The SMILES string of the molecule is COCCNCCCNCc1n[nH]c2c1CCCC2. The lowest BCUT2D eigenvalue weighted by Crippen LogP contribution is -2.24. The monoisotopic (exact) mass is 266 g/mol. The summed E-state index contributed by atoms with van der Waals surface area (Å²) >= 11 is 0. The molecule has 1 heterocycles. The Balaban J connectivity index is 1.57. The van der Waals surface area contributed by atoms with Gasteiger partial charge in [0.1, 0.15) is 0 Å². The van der Waals surface area contributed by atoms with Crippen molar-refractivity contribution in [2.45, 2.75) is 38.6 Å². The third-order valence-corrected chi connectivity index (χ3v) is 3.62. The first-order valence-electron chi connectivity index (χ1n) is 7.37. The molecule has 0 atom stereocenters. The van der Waals surface area contributed by atoms with Gasteiger partial charge in [-0.1, -0.05) is 0 Å². The van der Waals surface area contributed by atoms with E-state index in [1.807, 2.05) is 0 Å². The van der Waals surface area contributed by atoms with Gasteiger partial charge in [0.15, 0.2) is 0 Å². The summed E-state index contributed by atoms with van der Waals surface area (Å²) < 4.78 is 4.98. The van der Waals surface area contributed by atoms with Crippen LogP contribution in [0.4, 0.5) is 0 Å². The van der Waals surface area contributed by atoms with Crippen LogP contribution in [0.15, 0.2) is 0 Å². The minimum Gasteiger partial charge on any atom is -0.383 e. The van der Waals surface area contributed by atoms with Crippen molar-refractivity contribution in [2.24, 2.45) is 0 Å². The van der Waals surface area contributed by atoms with E-state index in [9.17, 15) is 0 Å². The zero-order valence-electron chi connectivity index (χ0n) is 11.9. The van der Waals surface area contributed by atoms with Gasteiger partial charge in [-0.25, -0.2) is 0 Å². The van der Waals surface area contributed by atoms with E-state index < -0.39 is 0 Å². The Hall–Kier alpha value is -0.910. The zero-order valence-corrected chi connectivity index (χ0v) is 11.9. The average Bonchev–Trinajstić information content (AvgIpc) is 2.85. The van der Waals surface area contributed by atoms with Crippen molar-refractivity contribution in [3.8, 4) is 0 Å². The van der Waals surface area contributed by atoms with Crippen LogP contribution in [0.3, 0.4) is 0 Å². The van der Waals surface area contributed by atoms with E-state index in [1.165, 1.54) is 42.6 Å². The van der Waals surface area contributed by atoms with Crippen molar-refractivity contribution in [1.29, 1.82) is 0 Å². The molecule has 0 aliphatic heterocycles. The van der Waals surface area contributed by atoms with E-state index in [-0.39, 0.29) is 0 Å². The Morgan fingerprint density at radius 2 is 2.00 bits per heavy atom. The van der Waals surface area contributed by atoms with Crippen LogP contribution in [-0.2, 0) is 24.1 Å². The second-order valence-corrected chi connectivity index (χ2v) is 5.11. The molecule has 19 heavy (non-hydrogen) atoms. The van der Waals surface area contributed by atoms with Gasteiger partial charge < -0.3 is 15.4 Å². The minimum absolute atomic E-state index is 0.785. The summed E-state index contributed by atoms with van der Waals surface area (Å²) in [7, 11) is 1.73. The zero-order chi connectivity index (χ0) is 13.3. The number of hydrogen-bond acceptors (Lipinski definition) is 4. The van der Waals surface area contributed by atoms with Crippen LogP contribution in [0, 0.1) is 0 Å². The number of ether oxygens (including phenoxy) is 1. The van der Waals surface area contributed by atoms with Crippen LogP contribution in [0.25, 0.3) is 0 Å². The van der Waals surface area contributed by atoms with Gasteiger partial charge in [0.25, 0.3) is 0 Å². The molecule has 5 nitrogen and oxygen atoms in total. The maximum absolute atomic E-state index is 4.98. The predicted molar refractivity (Wildman–Crippen MR) is 76.3 cm³/mol. The van der Waals surface area contributed by atoms with E-state index in [0.717, 1.165) is 39.2 Å². The van der Waals surface area contributed by atoms with Gasteiger partial charge in [-0.15, -0.1) is 0 Å². The van der Waals surface area contributed by atoms with Crippen LogP contribution in [0.1, 0.15) is 36.2 Å². The van der Waals surface area contributed by atoms with E-state index in [4.69, 9.17) is 4.74 Å². The Labute approximate surface area is 115 Å². The van der Waals surface area contributed by atoms with Crippen molar-refractivity contribution in [3.63, 3.8) is 0 Å². The van der Waals surface area contributed by atoms with Gasteiger partial charge in [-0.05, 0) is 50.8 Å². The summed E-state index contributed by atoms with van der Waals surface area (Å²) in [5.41, 5.74) is 4.06. The Morgan fingerprint density at radius 3 is 2.89 bits per heavy atom. The Kier molecular flexibility index (Phi) is 6.33. The number of methoxy groups -OCH3 is 1. The van der Waals surface area contributed by atoms with E-state index >= 15 is 0 Å². The van der Waals surface area contributed by atoms with Gasteiger partial charge in [0.2, 0.25) is 0 Å². The lowest BCUT2D eigenvalue weighted by molar-refractivity contribution is 0.199. The number of fused-ring (bicyclic) bond motifs is 1. The van der Waals surface area contributed by atoms with Crippen molar-refractivity contribution in [3.05, 3.63) is 17.0 Å². The Morgan fingerprint density at radius 1 is 1.16 bits per heavy atom. The van der Waals surface area contributed by atoms with Crippen LogP contribution in [0.2, 0.25) is 0 Å². The van der Waals surface area contributed by atoms with E-state index in [0.29, 0.717) is 0 Å². The molecule has 108 valence electrons. The maximum atomic E-state index is 4.98. The number of aryl methyl sites for hydroxylation is 1. The van der Waals surface area contributed by atoms with Crippen LogP contribution < -0.4 is 10.6 Å². The van der Waals surface area contributed by atoms with E-state index in [1.54, 1.807) is 7.11 Å². The highest BCUT2D eigenvalue weighted by Crippen LogP contribution is 2.21. The van der Waals surface area contributed by atoms with Crippen LogP contribution in [-0.4, -0.2) is 43.5 Å². The number of aromatic nitrogens is 2. The minimum atomic E-state index is 0.785. The molecule has 1 aliphatic carbocycles. The molecule has 1 aliphatic rings. The number of nitrogens with one attached hydrogen (secondary N) is 3. The van der Waals surface area contributed by atoms with Crippen molar-refractivity contribution in [1.82, 2.24) is 20.8 Å². The molecule has 0 unspecified atom stereocenters. The molecule has 0 saturated heterocycles. The summed E-state index contributed by atoms with van der Waals surface area (Å²) in [5.74, 6) is 0. The third kappa shape index (κ3) is 4.60. The normalized spacial score (nSPS) is 14.6. The standard InChI is InChI=1S/C14H26N4O/c1-19-10-9-15-7-4-8-16-11-14-12-5-2-3-6-13(12)17-18-14/h15-16H,2-11H2,1H3,(H,17,18). The first kappa shape index (κ1) is 14.5. The number of aromatic amines is 1. The van der Waals surface area contributed by atoms with Crippen molar-refractivity contribution < 1.29 is 4.74 Å². The topological polar surface area (TPSA) is 62.0 Å². The number of nitrogens with zero attached hydrogens (tertiary/aromatic N) is 1. The second-order valence-electron chi connectivity index (χ2n) is 5.11. The average molecular weight is 266 g/mol. The molecular formula is C14H26N4O. The highest BCUT2D eigenvalue weighted by atomic mass is 16.5. The molecule has 1 aromatic heterocycles. The number of hydrogen-bond donors (Lipinski definition) is 3. The Bertz CT molecular complexity index is 364. The van der Waals surface area contributed by atoms with Crippen molar-refractivity contribution >= 4 is 0 Å². The first-order valence-corrected chi connectivity index (χ1v) is 7.37. The lowest BCUT2D eigenvalue weighted by Gasteiger charge is -2.11. The lowest BCUT2D eigenvalue weighted by atomic mass is 9.96. The molecule has 0 radical (unpaired) electrons. The highest BCUT2D eigenvalue weighted by molar-refractivity contribution is 5.27. The predicted octanol–water partition coefficient (Wildman–Crippen LogP) is 1.00. The molecule has 1 aromatic rings. The summed E-state index contributed by atoms with van der Waals surface area (Å²) in [6.45, 7) is 4.68. The highest BCUT2D eigenvalue weighted by Gasteiger charge is 2.15. The summed E-state index contributed by atoms with van der Waals surface area (Å²) in [6, 6.07) is 0. The molecule has 0 spiro atoms. The molecule has 3 N–H and O–H groups in total. The fraction of sp³-hybridized carbons (Fsp3) is 0.786. The molecule has 5 heteroatoms. The smallest absolute Gasteiger partial charge is 0.0794 e. The fourth-order valence-corrected chi connectivity index (χ4v) is 2.54. The molecule has 0 bridgehead atoms. The largest absolute Gasteiger partial charge is 0.383 e. The van der Waals surface area contributed by atoms with Gasteiger partial charge in [-0.2, -0.15) is 5.10 Å². The van der Waals surface area contributed by atoms with Gasteiger partial charge in [0.05, 0.1) is 12.3 Å². The molecule has 0 amide bonds. The van der Waals surface area contributed by atoms with Crippen molar-refractivity contribution in [2.75, 3.05) is 33.4 Å². The molecule has 0 fully saturated rings. The molecule has 2 rings (SSSR count). The third-order valence-electron chi connectivity index (χ3n) is 3.62. The first-order chi connectivity index (χ1) is 9.42. The van der Waals surface area contributed by atoms with Gasteiger partial charge in [-0.3, -0.25) is 5.10 Å². The van der Waals surface area contributed by atoms with Gasteiger partial charge >= 0.3 is 0 Å². The molecular weight excluding hydrogens is 240 g/mol. The van der Waals surface area contributed by atoms with Crippen LogP contribution >= 0.6 is 0 Å². The van der Waals surface area contributed by atoms with E-state index in [2.05, 4.69) is 20.8 Å². The summed E-state index contributed by atoms with van der Waals surface area (Å²) in [5, 5.41) is 14.4. The summed E-state index contributed by atoms with van der Waals surface area (Å²) in [4.78, 5) is 0. The number of H-pyrrole nitrogens is 1. The summed E-state index contributed by atoms with van der Waals surface area (Å²) in [6.07, 6.45) is 6.11.